The molecule has 0 bridgehead atoms. The number of nitrogens with zero attached hydrogens (tertiary/aromatic N) is 4. The van der Waals surface area contributed by atoms with Gasteiger partial charge in [0.15, 0.2) is 5.82 Å². The van der Waals surface area contributed by atoms with Gasteiger partial charge in [0.1, 0.15) is 5.69 Å². The molecule has 0 aromatic carbocycles. The van der Waals surface area contributed by atoms with Crippen LogP contribution in [0.4, 0.5) is 5.82 Å². The molecule has 2 aliphatic rings. The summed E-state index contributed by atoms with van der Waals surface area (Å²) in [7, 11) is 0. The van der Waals surface area contributed by atoms with Crippen molar-refractivity contribution in [1.82, 2.24) is 15.1 Å². The zero-order valence-corrected chi connectivity index (χ0v) is 16.0. The van der Waals surface area contributed by atoms with Crippen molar-refractivity contribution in [3.05, 3.63) is 29.6 Å². The lowest BCUT2D eigenvalue weighted by Crippen LogP contribution is -2.43. The van der Waals surface area contributed by atoms with Gasteiger partial charge in [-0.15, -0.1) is 21.5 Å². The number of piperidine rings is 1. The van der Waals surface area contributed by atoms with Crippen LogP contribution in [0, 0.1) is 5.92 Å². The van der Waals surface area contributed by atoms with E-state index in [1.54, 1.807) is 11.3 Å². The molecule has 0 N–H and O–H groups in total. The Kier molecular flexibility index (Phi) is 5.48. The molecule has 0 radical (unpaired) electrons. The van der Waals surface area contributed by atoms with Crippen molar-refractivity contribution in [2.45, 2.75) is 38.5 Å². The molecule has 4 heterocycles. The van der Waals surface area contributed by atoms with E-state index in [-0.39, 0.29) is 5.92 Å². The minimum absolute atomic E-state index is 0.183. The summed E-state index contributed by atoms with van der Waals surface area (Å²) in [6.07, 6.45) is 6.70. The van der Waals surface area contributed by atoms with Crippen LogP contribution in [0.2, 0.25) is 0 Å². The molecule has 0 atom stereocenters. The highest BCUT2D eigenvalue weighted by molar-refractivity contribution is 7.13. The highest BCUT2D eigenvalue weighted by atomic mass is 32.1. The van der Waals surface area contributed by atoms with Crippen molar-refractivity contribution in [3.63, 3.8) is 0 Å². The van der Waals surface area contributed by atoms with Gasteiger partial charge in [0.25, 0.3) is 0 Å². The molecule has 1 amide bonds. The predicted octanol–water partition coefficient (Wildman–Crippen LogP) is 3.82. The van der Waals surface area contributed by atoms with Crippen molar-refractivity contribution in [2.75, 3.05) is 31.1 Å². The monoisotopic (exact) mass is 370 g/mol. The fourth-order valence-corrected chi connectivity index (χ4v) is 4.64. The first kappa shape index (κ1) is 17.5. The molecule has 2 saturated heterocycles. The van der Waals surface area contributed by atoms with Crippen LogP contribution in [-0.4, -0.2) is 47.2 Å². The maximum Gasteiger partial charge on any atom is 0.225 e. The van der Waals surface area contributed by atoms with E-state index in [0.29, 0.717) is 5.91 Å². The van der Waals surface area contributed by atoms with E-state index in [4.69, 9.17) is 0 Å². The summed E-state index contributed by atoms with van der Waals surface area (Å²) < 4.78 is 0. The highest BCUT2D eigenvalue weighted by Crippen LogP contribution is 2.26. The Morgan fingerprint density at radius 3 is 2.35 bits per heavy atom. The molecule has 0 aliphatic carbocycles. The van der Waals surface area contributed by atoms with Gasteiger partial charge < -0.3 is 9.80 Å². The fraction of sp³-hybridized carbons (Fsp3) is 0.550. The summed E-state index contributed by atoms with van der Waals surface area (Å²) in [5.74, 6) is 1.49. The van der Waals surface area contributed by atoms with Gasteiger partial charge in [0.2, 0.25) is 5.91 Å². The first-order valence-corrected chi connectivity index (χ1v) is 10.6. The van der Waals surface area contributed by atoms with Crippen LogP contribution >= 0.6 is 11.3 Å². The lowest BCUT2D eigenvalue weighted by atomic mass is 9.95. The number of hydrogen-bond donors (Lipinski definition) is 0. The van der Waals surface area contributed by atoms with Gasteiger partial charge >= 0.3 is 0 Å². The fourth-order valence-electron chi connectivity index (χ4n) is 3.95. The third-order valence-corrected chi connectivity index (χ3v) is 6.40. The normalized spacial score (nSPS) is 19.4. The lowest BCUT2D eigenvalue weighted by Gasteiger charge is -2.34. The van der Waals surface area contributed by atoms with Gasteiger partial charge in [-0.2, -0.15) is 0 Å². The van der Waals surface area contributed by atoms with Gasteiger partial charge in [0.05, 0.1) is 4.88 Å². The average molecular weight is 371 g/mol. The minimum Gasteiger partial charge on any atom is -0.355 e. The third kappa shape index (κ3) is 3.90. The molecule has 2 aliphatic heterocycles. The first-order valence-electron chi connectivity index (χ1n) is 9.72. The molecule has 5 nitrogen and oxygen atoms in total. The number of thiophene rings is 1. The highest BCUT2D eigenvalue weighted by Gasteiger charge is 2.29. The Hall–Kier alpha value is -1.95. The average Bonchev–Trinajstić information content (AvgIpc) is 3.10. The van der Waals surface area contributed by atoms with Crippen LogP contribution in [-0.2, 0) is 4.79 Å². The molecular formula is C20H26N4OS. The van der Waals surface area contributed by atoms with Gasteiger partial charge in [-0.3, -0.25) is 4.79 Å². The Morgan fingerprint density at radius 2 is 1.73 bits per heavy atom. The topological polar surface area (TPSA) is 49.3 Å². The van der Waals surface area contributed by atoms with Crippen molar-refractivity contribution in [2.24, 2.45) is 5.92 Å². The number of rotatable bonds is 3. The number of anilines is 1. The number of likely N-dealkylation sites (tertiary alicyclic amines) is 1. The zero-order valence-electron chi connectivity index (χ0n) is 15.1. The molecular weight excluding hydrogens is 344 g/mol. The van der Waals surface area contributed by atoms with Gasteiger partial charge in [0, 0.05) is 32.1 Å². The van der Waals surface area contributed by atoms with Gasteiger partial charge in [-0.1, -0.05) is 18.9 Å². The molecule has 4 rings (SSSR count). The molecule has 0 unspecified atom stereocenters. The minimum atomic E-state index is 0.183. The maximum absolute atomic E-state index is 12.8. The molecule has 6 heteroatoms. The molecule has 26 heavy (non-hydrogen) atoms. The largest absolute Gasteiger partial charge is 0.355 e. The number of aromatic nitrogens is 2. The summed E-state index contributed by atoms with van der Waals surface area (Å²) in [5, 5.41) is 10.8. The van der Waals surface area contributed by atoms with Crippen LogP contribution in [0.3, 0.4) is 0 Å². The Labute approximate surface area is 159 Å². The Morgan fingerprint density at radius 1 is 0.962 bits per heavy atom. The van der Waals surface area contributed by atoms with Crippen LogP contribution in [0.15, 0.2) is 29.6 Å². The van der Waals surface area contributed by atoms with Crippen LogP contribution in [0.25, 0.3) is 10.6 Å². The summed E-state index contributed by atoms with van der Waals surface area (Å²) in [6.45, 7) is 3.68. The predicted molar refractivity (Wildman–Crippen MR) is 105 cm³/mol. The van der Waals surface area contributed by atoms with E-state index in [0.717, 1.165) is 68.3 Å². The quantitative estimate of drug-likeness (QED) is 0.824. The molecule has 0 spiro atoms. The maximum atomic E-state index is 12.8. The van der Waals surface area contributed by atoms with Crippen molar-refractivity contribution in [3.8, 4) is 10.6 Å². The standard InChI is InChI=1S/C20H26N4OS/c25-20(24-11-3-1-2-4-12-24)16-9-13-23(14-10-16)19-8-7-17(21-22-19)18-6-5-15-26-18/h5-8,15-16H,1-4,9-14H2. The van der Waals surface area contributed by atoms with E-state index in [9.17, 15) is 4.79 Å². The first-order chi connectivity index (χ1) is 12.8. The summed E-state index contributed by atoms with van der Waals surface area (Å²) in [4.78, 5) is 18.3. The van der Waals surface area contributed by atoms with Crippen LogP contribution in [0.5, 0.6) is 0 Å². The van der Waals surface area contributed by atoms with Gasteiger partial charge in [-0.05, 0) is 49.3 Å². The zero-order chi connectivity index (χ0) is 17.8. The molecule has 2 aromatic rings. The van der Waals surface area contributed by atoms with Crippen LogP contribution < -0.4 is 4.90 Å². The molecule has 0 saturated carbocycles. The van der Waals surface area contributed by atoms with Crippen molar-refractivity contribution < 1.29 is 4.79 Å². The molecule has 2 fully saturated rings. The number of amides is 1. The van der Waals surface area contributed by atoms with E-state index in [1.807, 2.05) is 12.1 Å². The van der Waals surface area contributed by atoms with E-state index < -0.39 is 0 Å². The lowest BCUT2D eigenvalue weighted by molar-refractivity contribution is -0.136. The summed E-state index contributed by atoms with van der Waals surface area (Å²) in [5.41, 5.74) is 0.926. The third-order valence-electron chi connectivity index (χ3n) is 5.51. The Bertz CT molecular complexity index is 700. The summed E-state index contributed by atoms with van der Waals surface area (Å²) in [6, 6.07) is 8.19. The Balaban J connectivity index is 1.33. The number of carbonyl (C=O) groups is 1. The van der Waals surface area contributed by atoms with Gasteiger partial charge in [-0.25, -0.2) is 0 Å². The second-order valence-corrected chi connectivity index (χ2v) is 8.20. The van der Waals surface area contributed by atoms with E-state index in [1.165, 1.54) is 12.8 Å². The molecule has 138 valence electrons. The SMILES string of the molecule is O=C(C1CCN(c2ccc(-c3cccs3)nn2)CC1)N1CCCCCC1. The van der Waals surface area contributed by atoms with Crippen molar-refractivity contribution in [1.29, 1.82) is 0 Å². The number of hydrogen-bond acceptors (Lipinski definition) is 5. The van der Waals surface area contributed by atoms with E-state index in [2.05, 4.69) is 37.5 Å². The molecule has 2 aromatic heterocycles. The summed E-state index contributed by atoms with van der Waals surface area (Å²) >= 11 is 1.68. The van der Waals surface area contributed by atoms with Crippen LogP contribution in [0.1, 0.15) is 38.5 Å². The van der Waals surface area contributed by atoms with E-state index >= 15 is 0 Å². The smallest absolute Gasteiger partial charge is 0.225 e. The second kappa shape index (κ2) is 8.16. The second-order valence-electron chi connectivity index (χ2n) is 7.25. The number of carbonyl (C=O) groups excluding carboxylic acids is 1. The van der Waals surface area contributed by atoms with Crippen molar-refractivity contribution >= 4 is 23.1 Å².